The first kappa shape index (κ1) is 24.5. The molecule has 2 atom stereocenters. The van der Waals surface area contributed by atoms with E-state index in [1.807, 2.05) is 30.3 Å². The van der Waals surface area contributed by atoms with Crippen LogP contribution in [0.2, 0.25) is 0 Å². The van der Waals surface area contributed by atoms with Crippen molar-refractivity contribution in [1.82, 2.24) is 20.2 Å². The SMILES string of the molecule is CN(C)CC1(COc2nc(N3C4CCC3CNC4)c3ccc(-c4cc(O)cc5ccccc45)c(F)c3n2)CC1. The molecule has 1 saturated carbocycles. The molecule has 8 heteroatoms. The van der Waals surface area contributed by atoms with Crippen molar-refractivity contribution in [2.24, 2.45) is 5.41 Å². The van der Waals surface area contributed by atoms with Crippen LogP contribution in [-0.2, 0) is 0 Å². The number of piperazine rings is 1. The van der Waals surface area contributed by atoms with Crippen LogP contribution in [0.1, 0.15) is 25.7 Å². The van der Waals surface area contributed by atoms with Crippen LogP contribution in [0.3, 0.4) is 0 Å². The number of ether oxygens (including phenoxy) is 1. The van der Waals surface area contributed by atoms with Gasteiger partial charge < -0.3 is 25.0 Å². The minimum atomic E-state index is -0.423. The molecule has 2 bridgehead atoms. The number of rotatable bonds is 7. The normalized spacial score (nSPS) is 21.7. The van der Waals surface area contributed by atoms with Gasteiger partial charge in [-0.15, -0.1) is 0 Å². The number of phenolic OH excluding ortho intramolecular Hbond substituents is 1. The van der Waals surface area contributed by atoms with E-state index in [-0.39, 0.29) is 22.7 Å². The zero-order valence-corrected chi connectivity index (χ0v) is 22.5. The molecule has 0 amide bonds. The number of nitrogens with zero attached hydrogens (tertiary/aromatic N) is 4. The molecule has 3 fully saturated rings. The van der Waals surface area contributed by atoms with Crippen LogP contribution in [0.5, 0.6) is 11.8 Å². The third-order valence-electron chi connectivity index (χ3n) is 8.64. The number of hydrogen-bond donors (Lipinski definition) is 2. The van der Waals surface area contributed by atoms with Crippen LogP contribution in [0.15, 0.2) is 48.5 Å². The highest BCUT2D eigenvalue weighted by molar-refractivity contribution is 6.01. The van der Waals surface area contributed by atoms with Gasteiger partial charge in [-0.2, -0.15) is 9.97 Å². The van der Waals surface area contributed by atoms with Gasteiger partial charge in [0.05, 0.1) is 6.61 Å². The van der Waals surface area contributed by atoms with E-state index < -0.39 is 5.82 Å². The van der Waals surface area contributed by atoms with Crippen molar-refractivity contribution in [2.75, 3.05) is 45.2 Å². The Labute approximate surface area is 227 Å². The van der Waals surface area contributed by atoms with Gasteiger partial charge in [-0.1, -0.05) is 30.3 Å². The van der Waals surface area contributed by atoms with Gasteiger partial charge in [0, 0.05) is 48.1 Å². The molecular formula is C31H34FN5O2. The van der Waals surface area contributed by atoms with E-state index in [9.17, 15) is 5.11 Å². The first-order valence-electron chi connectivity index (χ1n) is 13.9. The zero-order valence-electron chi connectivity index (χ0n) is 22.5. The molecule has 3 aliphatic rings. The number of phenols is 1. The van der Waals surface area contributed by atoms with E-state index in [4.69, 9.17) is 9.72 Å². The number of anilines is 1. The Balaban J connectivity index is 1.37. The van der Waals surface area contributed by atoms with Crippen molar-refractivity contribution in [3.05, 3.63) is 54.3 Å². The molecule has 0 spiro atoms. The second-order valence-corrected chi connectivity index (χ2v) is 11.8. The van der Waals surface area contributed by atoms with Crippen LogP contribution in [0, 0.1) is 11.2 Å². The van der Waals surface area contributed by atoms with E-state index >= 15 is 4.39 Å². The van der Waals surface area contributed by atoms with Crippen molar-refractivity contribution in [3.63, 3.8) is 0 Å². The average Bonchev–Trinajstić information content (AvgIpc) is 3.63. The number of aromatic hydroxyl groups is 1. The lowest BCUT2D eigenvalue weighted by Gasteiger charge is -2.37. The fraction of sp³-hybridized carbons (Fsp3) is 0.419. The lowest BCUT2D eigenvalue weighted by atomic mass is 9.96. The summed E-state index contributed by atoms with van der Waals surface area (Å²) in [4.78, 5) is 14.2. The molecule has 39 heavy (non-hydrogen) atoms. The highest BCUT2D eigenvalue weighted by Gasteiger charge is 2.44. The number of benzene rings is 3. The summed E-state index contributed by atoms with van der Waals surface area (Å²) in [5.41, 5.74) is 1.41. The molecule has 7 nitrogen and oxygen atoms in total. The van der Waals surface area contributed by atoms with Crippen LogP contribution in [0.25, 0.3) is 32.8 Å². The Morgan fingerprint density at radius 1 is 1.03 bits per heavy atom. The van der Waals surface area contributed by atoms with E-state index in [1.54, 1.807) is 18.2 Å². The van der Waals surface area contributed by atoms with Gasteiger partial charge in [-0.05, 0) is 74.3 Å². The van der Waals surface area contributed by atoms with Crippen LogP contribution in [-0.4, -0.2) is 72.4 Å². The summed E-state index contributed by atoms with van der Waals surface area (Å²) in [6.07, 6.45) is 4.38. The first-order valence-corrected chi connectivity index (χ1v) is 13.9. The predicted octanol–water partition coefficient (Wildman–Crippen LogP) is 4.96. The van der Waals surface area contributed by atoms with Gasteiger partial charge in [0.25, 0.3) is 0 Å². The Kier molecular flexibility index (Phi) is 5.86. The predicted molar refractivity (Wildman–Crippen MR) is 152 cm³/mol. The molecule has 1 aliphatic carbocycles. The van der Waals surface area contributed by atoms with Crippen molar-refractivity contribution in [2.45, 2.75) is 37.8 Å². The summed E-state index contributed by atoms with van der Waals surface area (Å²) >= 11 is 0. The van der Waals surface area contributed by atoms with Gasteiger partial charge in [0.15, 0.2) is 5.82 Å². The Hall–Kier alpha value is -3.49. The van der Waals surface area contributed by atoms with Gasteiger partial charge in [-0.3, -0.25) is 0 Å². The second kappa shape index (κ2) is 9.31. The minimum absolute atomic E-state index is 0.101. The number of aromatic nitrogens is 2. The third-order valence-corrected chi connectivity index (χ3v) is 8.64. The van der Waals surface area contributed by atoms with Crippen LogP contribution < -0.4 is 15.0 Å². The van der Waals surface area contributed by atoms with E-state index in [2.05, 4.69) is 34.2 Å². The highest BCUT2D eigenvalue weighted by Crippen LogP contribution is 2.46. The van der Waals surface area contributed by atoms with E-state index in [0.717, 1.165) is 61.9 Å². The molecule has 3 aromatic carbocycles. The number of nitrogens with one attached hydrogen (secondary N) is 1. The molecule has 2 unspecified atom stereocenters. The van der Waals surface area contributed by atoms with Gasteiger partial charge in [0.1, 0.15) is 17.1 Å². The average molecular weight is 528 g/mol. The molecule has 2 saturated heterocycles. The topological polar surface area (TPSA) is 73.8 Å². The Bertz CT molecular complexity index is 1550. The molecule has 3 heterocycles. The standard InChI is InChI=1S/C31H34FN5O2/c1-36(2)17-31(11-12-31)18-39-30-34-28-25(29(35-30)37-20-7-8-21(37)16-33-15-20)10-9-24(27(28)32)26-14-22(38)13-19-5-3-4-6-23(19)26/h3-6,9-10,13-14,20-21,33,38H,7-8,11-12,15-18H2,1-2H3. The fourth-order valence-electron chi connectivity index (χ4n) is 6.65. The quantitative estimate of drug-likeness (QED) is 0.352. The van der Waals surface area contributed by atoms with Gasteiger partial charge in [0.2, 0.25) is 0 Å². The Morgan fingerprint density at radius 3 is 2.54 bits per heavy atom. The molecular weight excluding hydrogens is 493 g/mol. The maximum Gasteiger partial charge on any atom is 0.319 e. The summed E-state index contributed by atoms with van der Waals surface area (Å²) in [5.74, 6) is 0.435. The third kappa shape index (κ3) is 4.36. The molecule has 2 aliphatic heterocycles. The van der Waals surface area contributed by atoms with Crippen LogP contribution in [0.4, 0.5) is 10.2 Å². The monoisotopic (exact) mass is 527 g/mol. The lowest BCUT2D eigenvalue weighted by molar-refractivity contribution is 0.183. The molecule has 0 radical (unpaired) electrons. The summed E-state index contributed by atoms with van der Waals surface area (Å²) in [6.45, 7) is 3.24. The Morgan fingerprint density at radius 2 is 1.79 bits per heavy atom. The summed E-state index contributed by atoms with van der Waals surface area (Å²) < 4.78 is 22.8. The van der Waals surface area contributed by atoms with E-state index in [0.29, 0.717) is 35.2 Å². The van der Waals surface area contributed by atoms with Crippen molar-refractivity contribution >= 4 is 27.5 Å². The molecule has 1 aromatic heterocycles. The maximum atomic E-state index is 16.5. The molecule has 7 rings (SSSR count). The van der Waals surface area contributed by atoms with Crippen LogP contribution >= 0.6 is 0 Å². The summed E-state index contributed by atoms with van der Waals surface area (Å²) in [6, 6.07) is 15.6. The second-order valence-electron chi connectivity index (χ2n) is 11.8. The molecule has 202 valence electrons. The molecule has 2 N–H and O–H groups in total. The van der Waals surface area contributed by atoms with Gasteiger partial charge in [-0.25, -0.2) is 4.39 Å². The fourth-order valence-corrected chi connectivity index (χ4v) is 6.65. The van der Waals surface area contributed by atoms with Crippen molar-refractivity contribution < 1.29 is 14.2 Å². The zero-order chi connectivity index (χ0) is 26.7. The maximum absolute atomic E-state index is 16.5. The lowest BCUT2D eigenvalue weighted by Crippen LogP contribution is -2.52. The number of halogens is 1. The highest BCUT2D eigenvalue weighted by atomic mass is 19.1. The van der Waals surface area contributed by atoms with E-state index in [1.165, 1.54) is 0 Å². The van der Waals surface area contributed by atoms with Gasteiger partial charge >= 0.3 is 6.01 Å². The summed E-state index contributed by atoms with van der Waals surface area (Å²) in [5, 5.41) is 16.4. The van der Waals surface area contributed by atoms with Crippen molar-refractivity contribution in [1.29, 1.82) is 0 Å². The van der Waals surface area contributed by atoms with Crippen molar-refractivity contribution in [3.8, 4) is 22.9 Å². The number of hydrogen-bond acceptors (Lipinski definition) is 7. The summed E-state index contributed by atoms with van der Waals surface area (Å²) in [7, 11) is 4.15. The first-order chi connectivity index (χ1) is 18.9. The largest absolute Gasteiger partial charge is 0.508 e. The smallest absolute Gasteiger partial charge is 0.319 e. The number of fused-ring (bicyclic) bond motifs is 4. The molecule has 4 aromatic rings. The minimum Gasteiger partial charge on any atom is -0.508 e.